The zero-order chi connectivity index (χ0) is 25.6. The van der Waals surface area contributed by atoms with Gasteiger partial charge in [-0.25, -0.2) is 9.98 Å². The number of amidine groups is 1. The van der Waals surface area contributed by atoms with Gasteiger partial charge in [-0.05, 0) is 53.2 Å². The molecule has 2 heterocycles. The average molecular weight is 509 g/mol. The molecule has 0 aliphatic carbocycles. The number of ether oxygens (including phenoxy) is 1. The molecule has 1 amide bonds. The lowest BCUT2D eigenvalue weighted by Gasteiger charge is -2.15. The Morgan fingerprint density at radius 2 is 1.65 bits per heavy atom. The Kier molecular flexibility index (Phi) is 7.05. The second-order valence-corrected chi connectivity index (χ2v) is 9.01. The van der Waals surface area contributed by atoms with Crippen LogP contribution in [0.25, 0.3) is 6.08 Å². The topological polar surface area (TPSA) is 97.9 Å². The van der Waals surface area contributed by atoms with E-state index in [0.717, 1.165) is 23.0 Å². The van der Waals surface area contributed by atoms with Crippen LogP contribution in [0.2, 0.25) is 0 Å². The smallest absolute Gasteiger partial charge is 0.287 e. The summed E-state index contributed by atoms with van der Waals surface area (Å²) in [5.41, 5.74) is 2.50. The van der Waals surface area contributed by atoms with Gasteiger partial charge in [0.2, 0.25) is 5.88 Å². The molecule has 1 aliphatic heterocycles. The number of carbonyl (C=O) groups is 1. The number of hydrogen-bond acceptors (Lipinski definition) is 7. The highest BCUT2D eigenvalue weighted by Crippen LogP contribution is 2.35. The number of carbonyl (C=O) groups excluding carboxylic acids is 1. The molecule has 1 aliphatic rings. The molecule has 0 saturated carbocycles. The first-order valence-electron chi connectivity index (χ1n) is 11.3. The summed E-state index contributed by atoms with van der Waals surface area (Å²) in [4.78, 5) is 34.6. The molecule has 0 N–H and O–H groups in total. The third-order valence-electron chi connectivity index (χ3n) is 5.38. The number of aliphatic imine (C=N–C) groups is 1. The number of aromatic nitrogens is 1. The third kappa shape index (κ3) is 5.91. The summed E-state index contributed by atoms with van der Waals surface area (Å²) in [6, 6.07) is 29.3. The van der Waals surface area contributed by atoms with Crippen LogP contribution in [0.1, 0.15) is 11.1 Å². The highest BCUT2D eigenvalue weighted by molar-refractivity contribution is 8.18. The van der Waals surface area contributed by atoms with Gasteiger partial charge in [-0.2, -0.15) is 0 Å². The molecule has 0 spiro atoms. The summed E-state index contributed by atoms with van der Waals surface area (Å²) in [5.74, 6) is 0.654. The SMILES string of the molecule is O=C1/C(=C/c2ccc(Oc3ccc([N+](=O)[O-])cn3)cc2)SC(=Nc2ccccc2)N1Cc1ccccc1. The number of nitro groups is 1. The van der Waals surface area contributed by atoms with Crippen LogP contribution >= 0.6 is 11.8 Å². The number of thioether (sulfide) groups is 1. The molecule has 0 bridgehead atoms. The summed E-state index contributed by atoms with van der Waals surface area (Å²) in [6.07, 6.45) is 2.97. The van der Waals surface area contributed by atoms with Crippen molar-refractivity contribution in [1.82, 2.24) is 9.88 Å². The lowest BCUT2D eigenvalue weighted by molar-refractivity contribution is -0.385. The maximum atomic E-state index is 13.4. The summed E-state index contributed by atoms with van der Waals surface area (Å²) < 4.78 is 5.67. The largest absolute Gasteiger partial charge is 0.439 e. The van der Waals surface area contributed by atoms with E-state index in [-0.39, 0.29) is 17.5 Å². The molecule has 0 radical (unpaired) electrons. The Morgan fingerprint density at radius 1 is 0.946 bits per heavy atom. The Bertz CT molecular complexity index is 1470. The van der Waals surface area contributed by atoms with E-state index < -0.39 is 4.92 Å². The lowest BCUT2D eigenvalue weighted by Crippen LogP contribution is -2.28. The number of nitrogens with zero attached hydrogens (tertiary/aromatic N) is 4. The number of pyridine rings is 1. The maximum absolute atomic E-state index is 13.4. The number of para-hydroxylation sites is 1. The van der Waals surface area contributed by atoms with Gasteiger partial charge in [0, 0.05) is 12.1 Å². The third-order valence-corrected chi connectivity index (χ3v) is 6.39. The first-order chi connectivity index (χ1) is 18.0. The Balaban J connectivity index is 1.36. The number of amides is 1. The molecule has 0 unspecified atom stereocenters. The summed E-state index contributed by atoms with van der Waals surface area (Å²) >= 11 is 1.34. The van der Waals surface area contributed by atoms with Gasteiger partial charge in [0.05, 0.1) is 22.1 Å². The van der Waals surface area contributed by atoms with Crippen LogP contribution in [-0.4, -0.2) is 25.9 Å². The second-order valence-electron chi connectivity index (χ2n) is 8.00. The molecule has 3 aromatic carbocycles. The average Bonchev–Trinajstić information content (AvgIpc) is 3.20. The van der Waals surface area contributed by atoms with Crippen molar-refractivity contribution in [3.05, 3.63) is 129 Å². The van der Waals surface area contributed by atoms with E-state index in [0.29, 0.717) is 22.4 Å². The second kappa shape index (κ2) is 10.9. The van der Waals surface area contributed by atoms with Crippen molar-refractivity contribution in [3.8, 4) is 11.6 Å². The molecule has 8 nitrogen and oxygen atoms in total. The van der Waals surface area contributed by atoms with E-state index >= 15 is 0 Å². The van der Waals surface area contributed by atoms with Gasteiger partial charge in [-0.1, -0.05) is 60.7 Å². The Morgan fingerprint density at radius 3 is 2.30 bits per heavy atom. The minimum atomic E-state index is -0.516. The first kappa shape index (κ1) is 24.0. The van der Waals surface area contributed by atoms with E-state index in [9.17, 15) is 14.9 Å². The predicted octanol–water partition coefficient (Wildman–Crippen LogP) is 6.59. The van der Waals surface area contributed by atoms with Crippen LogP contribution in [0.15, 0.2) is 113 Å². The molecule has 1 saturated heterocycles. The Labute approximate surface area is 217 Å². The van der Waals surface area contributed by atoms with Gasteiger partial charge in [0.15, 0.2) is 5.17 Å². The zero-order valence-corrected chi connectivity index (χ0v) is 20.2. The standard InChI is InChI=1S/C28H20N4O4S/c33-27-25(17-20-11-14-24(15-12-20)36-26-16-13-23(18-29-26)32(34)35)37-28(30-22-9-5-2-6-10-22)31(27)19-21-7-3-1-4-8-21/h1-18H,19H2/b25-17-,30-28?. The normalized spacial score (nSPS) is 15.4. The predicted molar refractivity (Wildman–Crippen MR) is 144 cm³/mol. The van der Waals surface area contributed by atoms with E-state index in [4.69, 9.17) is 9.73 Å². The fraction of sp³-hybridized carbons (Fsp3) is 0.0357. The van der Waals surface area contributed by atoms with E-state index in [1.165, 1.54) is 23.9 Å². The monoisotopic (exact) mass is 508 g/mol. The summed E-state index contributed by atoms with van der Waals surface area (Å²) in [7, 11) is 0. The van der Waals surface area contributed by atoms with Gasteiger partial charge in [0.1, 0.15) is 11.9 Å². The minimum Gasteiger partial charge on any atom is -0.439 e. The molecule has 182 valence electrons. The van der Waals surface area contributed by atoms with E-state index in [2.05, 4.69) is 4.98 Å². The van der Waals surface area contributed by atoms with Crippen molar-refractivity contribution in [2.24, 2.45) is 4.99 Å². The molecule has 37 heavy (non-hydrogen) atoms. The minimum absolute atomic E-state index is 0.107. The summed E-state index contributed by atoms with van der Waals surface area (Å²) in [5, 5.41) is 11.4. The van der Waals surface area contributed by atoms with Crippen LogP contribution in [-0.2, 0) is 11.3 Å². The number of hydrogen-bond donors (Lipinski definition) is 0. The van der Waals surface area contributed by atoms with Gasteiger partial charge >= 0.3 is 0 Å². The molecule has 0 atom stereocenters. The van der Waals surface area contributed by atoms with E-state index in [1.54, 1.807) is 17.0 Å². The molecule has 4 aromatic rings. The van der Waals surface area contributed by atoms with Crippen molar-refractivity contribution in [2.75, 3.05) is 0 Å². The molecule has 5 rings (SSSR count). The molecule has 1 fully saturated rings. The number of rotatable bonds is 7. The van der Waals surface area contributed by atoms with Gasteiger partial charge in [-0.3, -0.25) is 19.8 Å². The molecular weight excluding hydrogens is 488 g/mol. The van der Waals surface area contributed by atoms with Crippen LogP contribution in [0.5, 0.6) is 11.6 Å². The lowest BCUT2D eigenvalue weighted by atomic mass is 10.2. The van der Waals surface area contributed by atoms with Crippen LogP contribution < -0.4 is 4.74 Å². The van der Waals surface area contributed by atoms with Gasteiger partial charge in [0.25, 0.3) is 11.6 Å². The highest BCUT2D eigenvalue weighted by atomic mass is 32.2. The van der Waals surface area contributed by atoms with Crippen LogP contribution in [0.3, 0.4) is 0 Å². The molecule has 1 aromatic heterocycles. The van der Waals surface area contributed by atoms with Gasteiger partial charge in [-0.15, -0.1) is 0 Å². The molecular formula is C28H20N4O4S. The van der Waals surface area contributed by atoms with E-state index in [1.807, 2.05) is 78.9 Å². The van der Waals surface area contributed by atoms with Gasteiger partial charge < -0.3 is 4.74 Å². The molecule has 9 heteroatoms. The Hall–Kier alpha value is -4.76. The fourth-order valence-electron chi connectivity index (χ4n) is 3.55. The van der Waals surface area contributed by atoms with Crippen molar-refractivity contribution in [1.29, 1.82) is 0 Å². The highest BCUT2D eigenvalue weighted by Gasteiger charge is 2.33. The maximum Gasteiger partial charge on any atom is 0.287 e. The van der Waals surface area contributed by atoms with Crippen molar-refractivity contribution >= 4 is 40.3 Å². The van der Waals surface area contributed by atoms with Crippen molar-refractivity contribution < 1.29 is 14.5 Å². The van der Waals surface area contributed by atoms with Crippen LogP contribution in [0.4, 0.5) is 11.4 Å². The fourth-order valence-corrected chi connectivity index (χ4v) is 4.55. The first-order valence-corrected chi connectivity index (χ1v) is 12.1. The van der Waals surface area contributed by atoms with Crippen LogP contribution in [0, 0.1) is 10.1 Å². The number of benzene rings is 3. The van der Waals surface area contributed by atoms with Crippen molar-refractivity contribution in [2.45, 2.75) is 6.54 Å². The quantitative estimate of drug-likeness (QED) is 0.159. The summed E-state index contributed by atoms with van der Waals surface area (Å²) in [6.45, 7) is 0.421. The zero-order valence-electron chi connectivity index (χ0n) is 19.4. The van der Waals surface area contributed by atoms with Crippen molar-refractivity contribution in [3.63, 3.8) is 0 Å².